The molecule has 0 atom stereocenters. The molecule has 0 spiro atoms. The molecule has 0 aliphatic heterocycles. The van der Waals surface area contributed by atoms with E-state index in [1.165, 1.54) is 10.4 Å². The zero-order chi connectivity index (χ0) is 21.0. The van der Waals surface area contributed by atoms with Gasteiger partial charge in [-0.1, -0.05) is 41.7 Å². The molecule has 8 heteroatoms. The lowest BCUT2D eigenvalue weighted by Gasteiger charge is -2.00. The van der Waals surface area contributed by atoms with E-state index >= 15 is 0 Å². The SMILES string of the molecule is Cc1nc(NCc2cnc(-c3ccccc3)s2)sc1-c1ccn(Cc2ccncc2)n1. The molecule has 4 aromatic heterocycles. The lowest BCUT2D eigenvalue weighted by molar-refractivity contribution is 0.689. The Labute approximate surface area is 188 Å². The Morgan fingerprint density at radius 1 is 1.00 bits per heavy atom. The van der Waals surface area contributed by atoms with Crippen LogP contribution in [0.2, 0.25) is 0 Å². The van der Waals surface area contributed by atoms with Crippen molar-refractivity contribution in [2.75, 3.05) is 5.32 Å². The molecule has 0 amide bonds. The number of nitrogens with zero attached hydrogens (tertiary/aromatic N) is 5. The summed E-state index contributed by atoms with van der Waals surface area (Å²) in [4.78, 5) is 15.6. The summed E-state index contributed by atoms with van der Waals surface area (Å²) < 4.78 is 1.94. The molecule has 6 nitrogen and oxygen atoms in total. The van der Waals surface area contributed by atoms with E-state index in [0.29, 0.717) is 6.54 Å². The van der Waals surface area contributed by atoms with Crippen molar-refractivity contribution in [3.8, 4) is 21.1 Å². The number of aromatic nitrogens is 5. The highest BCUT2D eigenvalue weighted by atomic mass is 32.1. The molecule has 5 rings (SSSR count). The second-order valence-electron chi connectivity index (χ2n) is 7.04. The van der Waals surface area contributed by atoms with Crippen LogP contribution >= 0.6 is 22.7 Å². The summed E-state index contributed by atoms with van der Waals surface area (Å²) in [6.45, 7) is 3.45. The Bertz CT molecular complexity index is 1270. The van der Waals surface area contributed by atoms with Crippen molar-refractivity contribution in [1.82, 2.24) is 24.7 Å². The summed E-state index contributed by atoms with van der Waals surface area (Å²) in [5.41, 5.74) is 4.25. The van der Waals surface area contributed by atoms with Crippen molar-refractivity contribution < 1.29 is 0 Å². The van der Waals surface area contributed by atoms with Gasteiger partial charge in [0.1, 0.15) is 10.7 Å². The van der Waals surface area contributed by atoms with Gasteiger partial charge in [0, 0.05) is 35.2 Å². The fourth-order valence-corrected chi connectivity index (χ4v) is 5.01. The summed E-state index contributed by atoms with van der Waals surface area (Å²) in [6, 6.07) is 16.3. The molecule has 0 unspecified atom stereocenters. The number of thiazole rings is 2. The Kier molecular flexibility index (Phi) is 5.56. The predicted molar refractivity (Wildman–Crippen MR) is 126 cm³/mol. The Hall–Kier alpha value is -3.36. The van der Waals surface area contributed by atoms with Crippen molar-refractivity contribution in [3.63, 3.8) is 0 Å². The first kappa shape index (κ1) is 19.6. The normalized spacial score (nSPS) is 11.0. The first-order valence-corrected chi connectivity index (χ1v) is 11.5. The summed E-state index contributed by atoms with van der Waals surface area (Å²) >= 11 is 3.33. The molecule has 31 heavy (non-hydrogen) atoms. The number of rotatable bonds is 7. The van der Waals surface area contributed by atoms with Crippen LogP contribution in [-0.4, -0.2) is 24.7 Å². The number of benzene rings is 1. The first-order chi connectivity index (χ1) is 15.2. The Morgan fingerprint density at radius 3 is 2.68 bits per heavy atom. The smallest absolute Gasteiger partial charge is 0.183 e. The molecule has 0 saturated carbocycles. The summed E-state index contributed by atoms with van der Waals surface area (Å²) in [5, 5.41) is 10.1. The highest BCUT2D eigenvalue weighted by Crippen LogP contribution is 2.32. The summed E-state index contributed by atoms with van der Waals surface area (Å²) in [7, 11) is 0. The van der Waals surface area contributed by atoms with Gasteiger partial charge < -0.3 is 5.32 Å². The average Bonchev–Trinajstić information content (AvgIpc) is 3.54. The highest BCUT2D eigenvalue weighted by Gasteiger charge is 2.13. The standard InChI is InChI=1S/C23H20N6S2/c1-16-21(20-9-12-29(28-20)15-17-7-10-24-11-8-17)31-23(27-16)26-14-19-13-25-22(30-19)18-5-3-2-4-6-18/h2-13H,14-15H2,1H3,(H,26,27). The minimum atomic E-state index is 0.702. The second-order valence-corrected chi connectivity index (χ2v) is 9.15. The highest BCUT2D eigenvalue weighted by molar-refractivity contribution is 7.19. The minimum absolute atomic E-state index is 0.702. The fraction of sp³-hybridized carbons (Fsp3) is 0.130. The van der Waals surface area contributed by atoms with E-state index < -0.39 is 0 Å². The van der Waals surface area contributed by atoms with Crippen molar-refractivity contribution >= 4 is 27.8 Å². The third-order valence-electron chi connectivity index (χ3n) is 4.75. The molecule has 0 saturated heterocycles. The maximum Gasteiger partial charge on any atom is 0.183 e. The van der Waals surface area contributed by atoms with E-state index in [-0.39, 0.29) is 0 Å². The van der Waals surface area contributed by atoms with Gasteiger partial charge in [-0.15, -0.1) is 11.3 Å². The zero-order valence-electron chi connectivity index (χ0n) is 16.9. The number of aryl methyl sites for hydroxylation is 1. The van der Waals surface area contributed by atoms with Gasteiger partial charge in [0.05, 0.1) is 23.7 Å². The van der Waals surface area contributed by atoms with Gasteiger partial charge >= 0.3 is 0 Å². The molecule has 1 aromatic carbocycles. The largest absolute Gasteiger partial charge is 0.357 e. The molecule has 0 aliphatic rings. The van der Waals surface area contributed by atoms with Crippen LogP contribution in [0, 0.1) is 6.92 Å². The fourth-order valence-electron chi connectivity index (χ4n) is 3.22. The maximum absolute atomic E-state index is 4.74. The van der Waals surface area contributed by atoms with Gasteiger partial charge in [0.2, 0.25) is 0 Å². The molecule has 5 aromatic rings. The topological polar surface area (TPSA) is 68.5 Å². The number of hydrogen-bond acceptors (Lipinski definition) is 7. The van der Waals surface area contributed by atoms with E-state index in [4.69, 9.17) is 10.1 Å². The number of anilines is 1. The van der Waals surface area contributed by atoms with Gasteiger partial charge in [-0.2, -0.15) is 5.10 Å². The lowest BCUT2D eigenvalue weighted by atomic mass is 10.2. The monoisotopic (exact) mass is 444 g/mol. The molecular weight excluding hydrogens is 424 g/mol. The van der Waals surface area contributed by atoms with Crippen molar-refractivity contribution in [2.24, 2.45) is 0 Å². The molecule has 0 radical (unpaired) electrons. The summed E-state index contributed by atoms with van der Waals surface area (Å²) in [5.74, 6) is 0. The third-order valence-corrected chi connectivity index (χ3v) is 6.94. The van der Waals surface area contributed by atoms with Gasteiger partial charge in [-0.25, -0.2) is 9.97 Å². The number of hydrogen-bond donors (Lipinski definition) is 1. The quantitative estimate of drug-likeness (QED) is 0.359. The van der Waals surface area contributed by atoms with Crippen molar-refractivity contribution in [3.05, 3.63) is 89.5 Å². The number of nitrogens with one attached hydrogen (secondary N) is 1. The second kappa shape index (κ2) is 8.79. The third kappa shape index (κ3) is 4.55. The molecule has 154 valence electrons. The molecule has 4 heterocycles. The van der Waals surface area contributed by atoms with Crippen LogP contribution in [0.5, 0.6) is 0 Å². The maximum atomic E-state index is 4.74. The van der Waals surface area contributed by atoms with Gasteiger partial charge in [0.25, 0.3) is 0 Å². The Morgan fingerprint density at radius 2 is 1.84 bits per heavy atom. The van der Waals surface area contributed by atoms with Crippen LogP contribution in [0.4, 0.5) is 5.13 Å². The first-order valence-electron chi connectivity index (χ1n) is 9.89. The average molecular weight is 445 g/mol. The van der Waals surface area contributed by atoms with E-state index in [0.717, 1.165) is 38.5 Å². The van der Waals surface area contributed by atoms with E-state index in [9.17, 15) is 0 Å². The van der Waals surface area contributed by atoms with E-state index in [1.54, 1.807) is 35.1 Å². The van der Waals surface area contributed by atoms with Crippen LogP contribution in [0.3, 0.4) is 0 Å². The predicted octanol–water partition coefficient (Wildman–Crippen LogP) is 5.49. The van der Waals surface area contributed by atoms with Gasteiger partial charge in [-0.05, 0) is 30.7 Å². The number of pyridine rings is 1. The Balaban J connectivity index is 1.26. The van der Waals surface area contributed by atoms with Gasteiger partial charge in [0.15, 0.2) is 5.13 Å². The van der Waals surface area contributed by atoms with Crippen molar-refractivity contribution in [2.45, 2.75) is 20.0 Å². The lowest BCUT2D eigenvalue weighted by Crippen LogP contribution is -2.00. The minimum Gasteiger partial charge on any atom is -0.357 e. The van der Waals surface area contributed by atoms with Crippen LogP contribution in [0.15, 0.2) is 73.3 Å². The van der Waals surface area contributed by atoms with E-state index in [2.05, 4.69) is 27.4 Å². The molecule has 0 fully saturated rings. The molecule has 0 bridgehead atoms. The van der Waals surface area contributed by atoms with Crippen LogP contribution in [0.1, 0.15) is 16.1 Å². The zero-order valence-corrected chi connectivity index (χ0v) is 18.5. The van der Waals surface area contributed by atoms with Crippen LogP contribution in [-0.2, 0) is 13.1 Å². The van der Waals surface area contributed by atoms with Gasteiger partial charge in [-0.3, -0.25) is 9.67 Å². The van der Waals surface area contributed by atoms with Crippen LogP contribution < -0.4 is 5.32 Å². The van der Waals surface area contributed by atoms with Crippen LogP contribution in [0.25, 0.3) is 21.1 Å². The molecule has 1 N–H and O–H groups in total. The van der Waals surface area contributed by atoms with E-state index in [1.807, 2.05) is 60.4 Å². The molecule has 0 aliphatic carbocycles. The van der Waals surface area contributed by atoms with Crippen molar-refractivity contribution in [1.29, 1.82) is 0 Å². The molecular formula is C23H20N6S2. The summed E-state index contributed by atoms with van der Waals surface area (Å²) in [6.07, 6.45) is 7.54.